The molecule has 0 aromatic carbocycles. The second-order valence-electron chi connectivity index (χ2n) is 4.06. The Morgan fingerprint density at radius 1 is 1.62 bits per heavy atom. The van der Waals surface area contributed by atoms with Crippen LogP contribution in [0.2, 0.25) is 0 Å². The lowest BCUT2D eigenvalue weighted by Crippen LogP contribution is -2.37. The number of hydrogen-bond acceptors (Lipinski definition) is 4. The molecule has 1 saturated carbocycles. The molecule has 1 aliphatic carbocycles. The Balaban J connectivity index is 1.95. The third kappa shape index (κ3) is 1.91. The molecule has 0 spiro atoms. The Kier molecular flexibility index (Phi) is 2.91. The molecule has 1 fully saturated rings. The van der Waals surface area contributed by atoms with E-state index in [1.165, 1.54) is 6.20 Å². The molecule has 1 amide bonds. The summed E-state index contributed by atoms with van der Waals surface area (Å²) in [6.45, 7) is 0.294. The van der Waals surface area contributed by atoms with Crippen molar-refractivity contribution in [2.75, 3.05) is 0 Å². The van der Waals surface area contributed by atoms with Crippen molar-refractivity contribution >= 4 is 5.91 Å². The van der Waals surface area contributed by atoms with Crippen molar-refractivity contribution in [2.24, 2.45) is 5.41 Å². The highest BCUT2D eigenvalue weighted by Crippen LogP contribution is 2.37. The molecule has 0 bridgehead atoms. The maximum Gasteiger partial charge on any atom is 0.240 e. The van der Waals surface area contributed by atoms with Gasteiger partial charge in [-0.25, -0.2) is 0 Å². The first-order chi connectivity index (χ1) is 7.77. The minimum absolute atomic E-state index is 0.191. The maximum atomic E-state index is 11.9. The first-order valence-corrected chi connectivity index (χ1v) is 5.36. The predicted molar refractivity (Wildman–Crippen MR) is 54.9 cm³/mol. The monoisotopic (exact) mass is 219 g/mol. The van der Waals surface area contributed by atoms with E-state index in [0.717, 1.165) is 12.8 Å². The molecule has 0 atom stereocenters. The minimum atomic E-state index is -0.819. The average Bonchev–Trinajstić information content (AvgIpc) is 2.97. The van der Waals surface area contributed by atoms with E-state index >= 15 is 0 Å². The van der Waals surface area contributed by atoms with Crippen LogP contribution in [-0.4, -0.2) is 11.1 Å². The van der Waals surface area contributed by atoms with Gasteiger partial charge in [0.1, 0.15) is 5.41 Å². The fourth-order valence-electron chi connectivity index (χ4n) is 2.04. The van der Waals surface area contributed by atoms with Crippen LogP contribution in [0.4, 0.5) is 0 Å². The standard InChI is InChI=1S/C11H13N3O2/c12-8-11(4-1-2-5-11)10(15)13-7-9-3-6-14-16-9/h3,6H,1-2,4-5,7H2,(H,13,15). The molecule has 0 radical (unpaired) electrons. The highest BCUT2D eigenvalue weighted by Gasteiger charge is 2.41. The van der Waals surface area contributed by atoms with Gasteiger partial charge < -0.3 is 9.84 Å². The van der Waals surface area contributed by atoms with Crippen LogP contribution >= 0.6 is 0 Å². The van der Waals surface area contributed by atoms with Crippen LogP contribution < -0.4 is 5.32 Å². The van der Waals surface area contributed by atoms with Crippen molar-refractivity contribution in [3.8, 4) is 6.07 Å². The Bertz CT molecular complexity index is 399. The van der Waals surface area contributed by atoms with Gasteiger partial charge in [0.05, 0.1) is 18.8 Å². The molecule has 5 heteroatoms. The average molecular weight is 219 g/mol. The number of carbonyl (C=O) groups is 1. The van der Waals surface area contributed by atoms with Crippen LogP contribution in [0.1, 0.15) is 31.4 Å². The number of aromatic nitrogens is 1. The van der Waals surface area contributed by atoms with Crippen molar-refractivity contribution in [2.45, 2.75) is 32.2 Å². The van der Waals surface area contributed by atoms with Gasteiger partial charge in [0.25, 0.3) is 0 Å². The number of rotatable bonds is 3. The van der Waals surface area contributed by atoms with Crippen LogP contribution in [0.15, 0.2) is 16.8 Å². The zero-order valence-corrected chi connectivity index (χ0v) is 8.90. The Hall–Kier alpha value is -1.83. The number of nitriles is 1. The number of amides is 1. The quantitative estimate of drug-likeness (QED) is 0.832. The molecule has 2 rings (SSSR count). The first-order valence-electron chi connectivity index (χ1n) is 5.36. The molecular weight excluding hydrogens is 206 g/mol. The van der Waals surface area contributed by atoms with Crippen molar-refractivity contribution in [3.63, 3.8) is 0 Å². The summed E-state index contributed by atoms with van der Waals surface area (Å²) in [5, 5.41) is 15.4. The van der Waals surface area contributed by atoms with Gasteiger partial charge in [0.2, 0.25) is 5.91 Å². The molecule has 1 aromatic rings. The van der Waals surface area contributed by atoms with Crippen LogP contribution in [0.25, 0.3) is 0 Å². The fourth-order valence-corrected chi connectivity index (χ4v) is 2.04. The second kappa shape index (κ2) is 4.35. The molecule has 0 saturated heterocycles. The maximum absolute atomic E-state index is 11.9. The van der Waals surface area contributed by atoms with Crippen molar-refractivity contribution < 1.29 is 9.32 Å². The summed E-state index contributed by atoms with van der Waals surface area (Å²) < 4.78 is 4.87. The van der Waals surface area contributed by atoms with Crippen molar-refractivity contribution in [3.05, 3.63) is 18.0 Å². The lowest BCUT2D eigenvalue weighted by Gasteiger charge is -2.18. The van der Waals surface area contributed by atoms with Gasteiger partial charge in [-0.3, -0.25) is 4.79 Å². The third-order valence-electron chi connectivity index (χ3n) is 3.02. The van der Waals surface area contributed by atoms with E-state index in [1.54, 1.807) is 6.07 Å². The Morgan fingerprint density at radius 3 is 2.94 bits per heavy atom. The van der Waals surface area contributed by atoms with Crippen molar-refractivity contribution in [1.82, 2.24) is 10.5 Å². The predicted octanol–water partition coefficient (Wildman–Crippen LogP) is 1.37. The molecule has 1 aromatic heterocycles. The summed E-state index contributed by atoms with van der Waals surface area (Å²) in [6, 6.07) is 3.84. The van der Waals surface area contributed by atoms with Crippen LogP contribution in [0, 0.1) is 16.7 Å². The lowest BCUT2D eigenvalue weighted by atomic mass is 9.87. The molecule has 16 heavy (non-hydrogen) atoms. The number of nitrogens with zero attached hydrogens (tertiary/aromatic N) is 2. The van der Waals surface area contributed by atoms with Crippen LogP contribution in [-0.2, 0) is 11.3 Å². The molecule has 0 aliphatic heterocycles. The molecule has 1 aliphatic rings. The summed E-state index contributed by atoms with van der Waals surface area (Å²) in [6.07, 6.45) is 4.74. The SMILES string of the molecule is N#CC1(C(=O)NCc2ccno2)CCCC1. The molecule has 1 heterocycles. The minimum Gasteiger partial charge on any atom is -0.360 e. The van der Waals surface area contributed by atoms with Crippen molar-refractivity contribution in [1.29, 1.82) is 5.26 Å². The van der Waals surface area contributed by atoms with E-state index in [-0.39, 0.29) is 5.91 Å². The topological polar surface area (TPSA) is 78.9 Å². The smallest absolute Gasteiger partial charge is 0.240 e. The largest absolute Gasteiger partial charge is 0.360 e. The summed E-state index contributed by atoms with van der Waals surface area (Å²) in [7, 11) is 0. The zero-order valence-electron chi connectivity index (χ0n) is 8.90. The van der Waals surface area contributed by atoms with Gasteiger partial charge >= 0.3 is 0 Å². The number of hydrogen-bond donors (Lipinski definition) is 1. The second-order valence-corrected chi connectivity index (χ2v) is 4.06. The normalized spacial score (nSPS) is 17.9. The lowest BCUT2D eigenvalue weighted by molar-refractivity contribution is -0.128. The van der Waals surface area contributed by atoms with Gasteiger partial charge in [-0.1, -0.05) is 18.0 Å². The van der Waals surface area contributed by atoms with Gasteiger partial charge in [-0.2, -0.15) is 5.26 Å². The molecule has 1 N–H and O–H groups in total. The van der Waals surface area contributed by atoms with E-state index < -0.39 is 5.41 Å². The van der Waals surface area contributed by atoms with Gasteiger partial charge in [-0.05, 0) is 12.8 Å². The number of nitrogens with one attached hydrogen (secondary N) is 1. The van der Waals surface area contributed by atoms with E-state index in [1.807, 2.05) is 0 Å². The highest BCUT2D eigenvalue weighted by molar-refractivity contribution is 5.85. The van der Waals surface area contributed by atoms with Gasteiger partial charge in [0.15, 0.2) is 5.76 Å². The summed E-state index contributed by atoms with van der Waals surface area (Å²) in [5.74, 6) is 0.406. The molecule has 0 unspecified atom stereocenters. The van der Waals surface area contributed by atoms with E-state index in [4.69, 9.17) is 9.78 Å². The molecular formula is C11H13N3O2. The van der Waals surface area contributed by atoms with Crippen LogP contribution in [0.5, 0.6) is 0 Å². The van der Waals surface area contributed by atoms with E-state index in [9.17, 15) is 4.79 Å². The first kappa shape index (κ1) is 10.7. The van der Waals surface area contributed by atoms with Crippen LogP contribution in [0.3, 0.4) is 0 Å². The summed E-state index contributed by atoms with van der Waals surface area (Å²) >= 11 is 0. The van der Waals surface area contributed by atoms with Gasteiger partial charge in [0, 0.05) is 6.07 Å². The zero-order chi connectivity index (χ0) is 11.4. The summed E-state index contributed by atoms with van der Waals surface area (Å²) in [5.41, 5.74) is -0.819. The third-order valence-corrected chi connectivity index (χ3v) is 3.02. The number of carbonyl (C=O) groups excluding carboxylic acids is 1. The van der Waals surface area contributed by atoms with E-state index in [0.29, 0.717) is 25.1 Å². The molecule has 84 valence electrons. The Morgan fingerprint density at radius 2 is 2.38 bits per heavy atom. The highest BCUT2D eigenvalue weighted by atomic mass is 16.5. The summed E-state index contributed by atoms with van der Waals surface area (Å²) in [4.78, 5) is 11.9. The molecule has 5 nitrogen and oxygen atoms in total. The van der Waals surface area contributed by atoms with Gasteiger partial charge in [-0.15, -0.1) is 0 Å². The fraction of sp³-hybridized carbons (Fsp3) is 0.545. The Labute approximate surface area is 93.4 Å². The van der Waals surface area contributed by atoms with E-state index in [2.05, 4.69) is 16.5 Å².